The monoisotopic (exact) mass is 422 g/mol. The number of amides is 1. The molecule has 5 rings (SSSR count). The molecule has 1 N–H and O–H groups in total. The number of piperidine rings is 1. The summed E-state index contributed by atoms with van der Waals surface area (Å²) in [6.45, 7) is 2.30. The first kappa shape index (κ1) is 20.2. The Morgan fingerprint density at radius 1 is 1.13 bits per heavy atom. The summed E-state index contributed by atoms with van der Waals surface area (Å²) in [5, 5.41) is 0. The van der Waals surface area contributed by atoms with Gasteiger partial charge in [0.15, 0.2) is 0 Å². The van der Waals surface area contributed by atoms with Gasteiger partial charge >= 0.3 is 5.69 Å². The maximum atomic E-state index is 13.7. The second-order valence-corrected chi connectivity index (χ2v) is 9.70. The Morgan fingerprint density at radius 2 is 1.87 bits per heavy atom. The number of nitrogens with zero attached hydrogens (tertiary/aromatic N) is 3. The third-order valence-corrected chi connectivity index (χ3v) is 8.06. The number of likely N-dealkylation sites (N-methyl/N-ethyl adjacent to an activating group) is 1. The molecule has 1 aromatic carbocycles. The zero-order chi connectivity index (χ0) is 21.8. The topological polar surface area (TPSA) is 78.4 Å². The first-order valence-electron chi connectivity index (χ1n) is 11.3. The van der Waals surface area contributed by atoms with Gasteiger partial charge in [-0.1, -0.05) is 37.3 Å². The SMILES string of the molecule is CN1[C@H]2CCC[C@H]3N(C(=O)Cn4ccc(=O)[nH]c4=O)[C@@H](Cc4ccccc4)[C@@H]1C[C@@]23C. The van der Waals surface area contributed by atoms with Crippen molar-refractivity contribution in [2.24, 2.45) is 5.41 Å². The lowest BCUT2D eigenvalue weighted by Crippen LogP contribution is -2.63. The molecule has 164 valence electrons. The van der Waals surface area contributed by atoms with Gasteiger partial charge < -0.3 is 4.90 Å². The van der Waals surface area contributed by atoms with Crippen molar-refractivity contribution in [1.29, 1.82) is 0 Å². The second kappa shape index (κ2) is 7.48. The largest absolute Gasteiger partial charge is 0.333 e. The van der Waals surface area contributed by atoms with Gasteiger partial charge in [0, 0.05) is 35.8 Å². The minimum absolute atomic E-state index is 0.0352. The van der Waals surface area contributed by atoms with Crippen LogP contribution in [0.3, 0.4) is 0 Å². The molecule has 0 unspecified atom stereocenters. The van der Waals surface area contributed by atoms with Crippen LogP contribution in [0.4, 0.5) is 0 Å². The Labute approximate surface area is 181 Å². The molecule has 2 aliphatic heterocycles. The number of aromatic amines is 1. The third-order valence-electron chi connectivity index (χ3n) is 8.06. The molecular formula is C24H30N4O3. The summed E-state index contributed by atoms with van der Waals surface area (Å²) in [6, 6.07) is 12.7. The molecule has 1 aliphatic carbocycles. The Balaban J connectivity index is 1.53. The second-order valence-electron chi connectivity index (χ2n) is 9.70. The fraction of sp³-hybridized carbons (Fsp3) is 0.542. The van der Waals surface area contributed by atoms with Crippen LogP contribution >= 0.6 is 0 Å². The van der Waals surface area contributed by atoms with E-state index in [2.05, 4.69) is 40.9 Å². The molecule has 0 spiro atoms. The van der Waals surface area contributed by atoms with Crippen LogP contribution in [0.2, 0.25) is 0 Å². The lowest BCUT2D eigenvalue weighted by molar-refractivity contribution is -0.145. The standard InChI is InChI=1S/C24H30N4O3/c1-24-14-18-17(13-16-7-4-3-5-8-16)28(20(24)10-6-9-19(24)26(18)2)22(30)15-27-12-11-21(29)25-23(27)31/h3-5,7-8,11-12,17-20H,6,9-10,13-15H2,1-2H3,(H,25,29,31)/t17-,18-,19-,20+,24-/m0/s1. The van der Waals surface area contributed by atoms with Crippen LogP contribution in [0.25, 0.3) is 0 Å². The van der Waals surface area contributed by atoms with Gasteiger partial charge in [-0.15, -0.1) is 0 Å². The summed E-state index contributed by atoms with van der Waals surface area (Å²) in [4.78, 5) is 44.3. The van der Waals surface area contributed by atoms with Gasteiger partial charge in [0.1, 0.15) is 6.54 Å². The molecule has 31 heavy (non-hydrogen) atoms. The average Bonchev–Trinajstić information content (AvgIpc) is 3.01. The van der Waals surface area contributed by atoms with Crippen molar-refractivity contribution < 1.29 is 4.79 Å². The van der Waals surface area contributed by atoms with Crippen LogP contribution in [0.5, 0.6) is 0 Å². The van der Waals surface area contributed by atoms with Crippen molar-refractivity contribution in [3.63, 3.8) is 0 Å². The van der Waals surface area contributed by atoms with Gasteiger partial charge in [0.25, 0.3) is 5.56 Å². The highest BCUT2D eigenvalue weighted by Gasteiger charge is 2.62. The van der Waals surface area contributed by atoms with E-state index in [-0.39, 0.29) is 30.0 Å². The lowest BCUT2D eigenvalue weighted by atomic mass is 9.64. The summed E-state index contributed by atoms with van der Waals surface area (Å²) in [6.07, 6.45) is 6.63. The van der Waals surface area contributed by atoms with E-state index in [0.29, 0.717) is 12.1 Å². The van der Waals surface area contributed by atoms with E-state index >= 15 is 0 Å². The summed E-state index contributed by atoms with van der Waals surface area (Å²) < 4.78 is 1.31. The molecule has 5 atom stereocenters. The molecular weight excluding hydrogens is 392 g/mol. The molecule has 2 saturated heterocycles. The van der Waals surface area contributed by atoms with Gasteiger partial charge in [-0.25, -0.2) is 4.79 Å². The third kappa shape index (κ3) is 3.26. The van der Waals surface area contributed by atoms with Gasteiger partial charge in [-0.05, 0) is 44.7 Å². The number of fused-ring (bicyclic) bond motifs is 1. The van der Waals surface area contributed by atoms with Crippen LogP contribution in [0, 0.1) is 5.41 Å². The first-order valence-corrected chi connectivity index (χ1v) is 11.3. The Bertz CT molecular complexity index is 1090. The Morgan fingerprint density at radius 3 is 2.61 bits per heavy atom. The number of nitrogens with one attached hydrogen (secondary N) is 1. The van der Waals surface area contributed by atoms with E-state index in [1.165, 1.54) is 28.8 Å². The van der Waals surface area contributed by atoms with Crippen molar-refractivity contribution in [2.75, 3.05) is 7.05 Å². The van der Waals surface area contributed by atoms with E-state index in [0.717, 1.165) is 25.7 Å². The molecule has 2 aromatic rings. The predicted molar refractivity (Wildman–Crippen MR) is 118 cm³/mol. The number of likely N-dealkylation sites (tertiary alicyclic amines) is 2. The van der Waals surface area contributed by atoms with E-state index in [1.807, 2.05) is 18.2 Å². The quantitative estimate of drug-likeness (QED) is 0.812. The summed E-state index contributed by atoms with van der Waals surface area (Å²) >= 11 is 0. The lowest BCUT2D eigenvalue weighted by Gasteiger charge is -2.53. The predicted octanol–water partition coefficient (Wildman–Crippen LogP) is 1.62. The molecule has 1 amide bonds. The minimum Gasteiger partial charge on any atom is -0.333 e. The molecule has 1 aromatic heterocycles. The van der Waals surface area contributed by atoms with Crippen molar-refractivity contribution in [3.8, 4) is 0 Å². The summed E-state index contributed by atoms with van der Waals surface area (Å²) in [5.41, 5.74) is 0.322. The number of carbonyl (C=O) groups excluding carboxylic acids is 1. The van der Waals surface area contributed by atoms with Gasteiger partial charge in [0.05, 0.1) is 6.04 Å². The highest BCUT2D eigenvalue weighted by molar-refractivity contribution is 5.77. The molecule has 2 bridgehead atoms. The fourth-order valence-corrected chi connectivity index (χ4v) is 6.68. The fourth-order valence-electron chi connectivity index (χ4n) is 6.68. The maximum Gasteiger partial charge on any atom is 0.328 e. The van der Waals surface area contributed by atoms with Gasteiger partial charge in [-0.2, -0.15) is 0 Å². The number of benzene rings is 1. The maximum absolute atomic E-state index is 13.7. The zero-order valence-electron chi connectivity index (χ0n) is 18.2. The first-order chi connectivity index (χ1) is 14.9. The molecule has 0 radical (unpaired) electrons. The van der Waals surface area contributed by atoms with Crippen LogP contribution in [-0.4, -0.2) is 56.5 Å². The smallest absolute Gasteiger partial charge is 0.328 e. The van der Waals surface area contributed by atoms with E-state index in [4.69, 9.17) is 0 Å². The molecule has 3 aliphatic rings. The molecule has 3 heterocycles. The minimum atomic E-state index is -0.537. The van der Waals surface area contributed by atoms with Crippen molar-refractivity contribution >= 4 is 5.91 Å². The summed E-state index contributed by atoms with van der Waals surface area (Å²) in [7, 11) is 2.22. The van der Waals surface area contributed by atoms with Crippen LogP contribution in [0.1, 0.15) is 38.2 Å². The number of carbonyl (C=O) groups is 1. The van der Waals surface area contributed by atoms with E-state index in [9.17, 15) is 14.4 Å². The molecule has 3 fully saturated rings. The Hall–Kier alpha value is -2.67. The number of hydrogen-bond donors (Lipinski definition) is 1. The van der Waals surface area contributed by atoms with Crippen molar-refractivity contribution in [3.05, 3.63) is 69.0 Å². The highest BCUT2D eigenvalue weighted by Crippen LogP contribution is 2.55. The summed E-state index contributed by atoms with van der Waals surface area (Å²) in [5.74, 6) is -0.0352. The Kier molecular flexibility index (Phi) is 4.88. The number of H-pyrrole nitrogens is 1. The van der Waals surface area contributed by atoms with E-state index in [1.54, 1.807) is 0 Å². The van der Waals surface area contributed by atoms with Gasteiger partial charge in [-0.3, -0.25) is 24.0 Å². The van der Waals surface area contributed by atoms with Crippen LogP contribution < -0.4 is 11.2 Å². The molecule has 7 heteroatoms. The van der Waals surface area contributed by atoms with Crippen molar-refractivity contribution in [2.45, 2.75) is 69.7 Å². The number of aromatic nitrogens is 2. The normalized spacial score (nSPS) is 32.3. The number of hydrogen-bond acceptors (Lipinski definition) is 4. The highest BCUT2D eigenvalue weighted by atomic mass is 16.2. The molecule has 1 saturated carbocycles. The zero-order valence-corrected chi connectivity index (χ0v) is 18.2. The number of rotatable bonds is 4. The van der Waals surface area contributed by atoms with Crippen LogP contribution in [0.15, 0.2) is 52.2 Å². The van der Waals surface area contributed by atoms with Gasteiger partial charge in [0.2, 0.25) is 5.91 Å². The average molecular weight is 423 g/mol. The molecule has 7 nitrogen and oxygen atoms in total. The van der Waals surface area contributed by atoms with Crippen LogP contribution in [-0.2, 0) is 17.8 Å². The van der Waals surface area contributed by atoms with E-state index < -0.39 is 11.2 Å². The van der Waals surface area contributed by atoms with Crippen molar-refractivity contribution in [1.82, 2.24) is 19.4 Å².